The summed E-state index contributed by atoms with van der Waals surface area (Å²) >= 11 is 0. The summed E-state index contributed by atoms with van der Waals surface area (Å²) in [5.41, 5.74) is 1.22. The normalized spacial score (nSPS) is 11.4. The summed E-state index contributed by atoms with van der Waals surface area (Å²) < 4.78 is 5.22. The Balaban J connectivity index is 1.92. The predicted molar refractivity (Wildman–Crippen MR) is 67.8 cm³/mol. The smallest absolute Gasteiger partial charge is 0.240 e. The molecule has 0 saturated heterocycles. The van der Waals surface area contributed by atoms with Crippen LogP contribution >= 0.6 is 0 Å². The van der Waals surface area contributed by atoms with Crippen LogP contribution in [0.25, 0.3) is 0 Å². The standard InChI is InChI=1S/C13H18N4O/c1-10(2)13-15-12(18-16-13)9-17(3)8-11-4-6-14-7-5-11/h4-7,10H,8-9H2,1-3H3. The zero-order chi connectivity index (χ0) is 13.0. The monoisotopic (exact) mass is 246 g/mol. The van der Waals surface area contributed by atoms with Crippen LogP contribution in [0.15, 0.2) is 29.0 Å². The van der Waals surface area contributed by atoms with Crippen molar-refractivity contribution in [3.63, 3.8) is 0 Å². The number of hydrogen-bond acceptors (Lipinski definition) is 5. The van der Waals surface area contributed by atoms with Crippen molar-refractivity contribution in [3.8, 4) is 0 Å². The Labute approximate surface area is 107 Å². The van der Waals surface area contributed by atoms with Gasteiger partial charge in [0.2, 0.25) is 5.89 Å². The quantitative estimate of drug-likeness (QED) is 0.809. The molecule has 0 aromatic carbocycles. The Bertz CT molecular complexity index is 481. The predicted octanol–water partition coefficient (Wildman–Crippen LogP) is 2.22. The average molecular weight is 246 g/mol. The van der Waals surface area contributed by atoms with E-state index in [1.54, 1.807) is 12.4 Å². The van der Waals surface area contributed by atoms with Gasteiger partial charge in [0.1, 0.15) is 0 Å². The van der Waals surface area contributed by atoms with Crippen molar-refractivity contribution >= 4 is 0 Å². The van der Waals surface area contributed by atoms with Crippen LogP contribution in [0.5, 0.6) is 0 Å². The molecule has 2 aromatic heterocycles. The number of rotatable bonds is 5. The summed E-state index contributed by atoms with van der Waals surface area (Å²) in [6.07, 6.45) is 3.60. The first-order chi connectivity index (χ1) is 8.65. The third kappa shape index (κ3) is 3.37. The van der Waals surface area contributed by atoms with E-state index >= 15 is 0 Å². The highest BCUT2D eigenvalue weighted by atomic mass is 16.5. The maximum absolute atomic E-state index is 5.22. The second-order valence-electron chi connectivity index (χ2n) is 4.73. The summed E-state index contributed by atoms with van der Waals surface area (Å²) in [6, 6.07) is 4.01. The second-order valence-corrected chi connectivity index (χ2v) is 4.73. The van der Waals surface area contributed by atoms with Gasteiger partial charge in [-0.1, -0.05) is 19.0 Å². The fraction of sp³-hybridized carbons (Fsp3) is 0.462. The molecule has 0 fully saturated rings. The highest BCUT2D eigenvalue weighted by molar-refractivity contribution is 5.09. The lowest BCUT2D eigenvalue weighted by Gasteiger charge is -2.13. The molecule has 0 bridgehead atoms. The molecule has 96 valence electrons. The molecule has 0 aliphatic rings. The summed E-state index contributed by atoms with van der Waals surface area (Å²) in [5, 5.41) is 3.95. The molecule has 2 aromatic rings. The second kappa shape index (κ2) is 5.73. The number of pyridine rings is 1. The molecule has 0 spiro atoms. The van der Waals surface area contributed by atoms with Crippen LogP contribution in [-0.4, -0.2) is 27.1 Å². The SMILES string of the molecule is CC(C)c1noc(CN(C)Cc2ccncc2)n1. The van der Waals surface area contributed by atoms with E-state index in [0.29, 0.717) is 18.4 Å². The van der Waals surface area contributed by atoms with Gasteiger partial charge in [-0.25, -0.2) is 0 Å². The molecule has 5 heteroatoms. The zero-order valence-corrected chi connectivity index (χ0v) is 11.0. The molecular weight excluding hydrogens is 228 g/mol. The van der Waals surface area contributed by atoms with Gasteiger partial charge in [0, 0.05) is 24.9 Å². The average Bonchev–Trinajstić information content (AvgIpc) is 2.78. The highest BCUT2D eigenvalue weighted by Crippen LogP contribution is 2.11. The van der Waals surface area contributed by atoms with E-state index < -0.39 is 0 Å². The van der Waals surface area contributed by atoms with Gasteiger partial charge in [-0.2, -0.15) is 4.98 Å². The molecule has 2 rings (SSSR count). The number of aromatic nitrogens is 3. The van der Waals surface area contributed by atoms with Crippen molar-refractivity contribution in [1.82, 2.24) is 20.0 Å². The maximum Gasteiger partial charge on any atom is 0.240 e. The molecule has 18 heavy (non-hydrogen) atoms. The molecular formula is C13H18N4O. The lowest BCUT2D eigenvalue weighted by molar-refractivity contribution is 0.260. The summed E-state index contributed by atoms with van der Waals surface area (Å²) in [7, 11) is 2.03. The summed E-state index contributed by atoms with van der Waals surface area (Å²) in [6.45, 7) is 5.59. The minimum atomic E-state index is 0.299. The molecule has 2 heterocycles. The lowest BCUT2D eigenvalue weighted by Crippen LogP contribution is -2.17. The first kappa shape index (κ1) is 12.7. The molecule has 0 saturated carbocycles. The van der Waals surface area contributed by atoms with Crippen LogP contribution in [0, 0.1) is 0 Å². The summed E-state index contributed by atoms with van der Waals surface area (Å²) in [5.74, 6) is 1.73. The van der Waals surface area contributed by atoms with Gasteiger partial charge >= 0.3 is 0 Å². The van der Waals surface area contributed by atoms with Gasteiger partial charge < -0.3 is 4.52 Å². The fourth-order valence-electron chi connectivity index (χ4n) is 1.65. The van der Waals surface area contributed by atoms with Crippen molar-refractivity contribution < 1.29 is 4.52 Å². The molecule has 0 N–H and O–H groups in total. The van der Waals surface area contributed by atoms with Crippen LogP contribution in [0.1, 0.15) is 37.0 Å². The Kier molecular flexibility index (Phi) is 4.04. The summed E-state index contributed by atoms with van der Waals surface area (Å²) in [4.78, 5) is 10.5. The van der Waals surface area contributed by atoms with E-state index in [-0.39, 0.29) is 0 Å². The minimum absolute atomic E-state index is 0.299. The third-order valence-electron chi connectivity index (χ3n) is 2.61. The van der Waals surface area contributed by atoms with E-state index in [4.69, 9.17) is 4.52 Å². The Hall–Kier alpha value is -1.75. The molecule has 0 unspecified atom stereocenters. The van der Waals surface area contributed by atoms with Crippen LogP contribution in [0.2, 0.25) is 0 Å². The zero-order valence-electron chi connectivity index (χ0n) is 11.0. The van der Waals surface area contributed by atoms with Crippen molar-refractivity contribution in [3.05, 3.63) is 41.8 Å². The van der Waals surface area contributed by atoms with Crippen molar-refractivity contribution in [2.24, 2.45) is 0 Å². The fourth-order valence-corrected chi connectivity index (χ4v) is 1.65. The van der Waals surface area contributed by atoms with Crippen molar-refractivity contribution in [2.75, 3.05) is 7.05 Å². The largest absolute Gasteiger partial charge is 0.338 e. The molecule has 5 nitrogen and oxygen atoms in total. The number of hydrogen-bond donors (Lipinski definition) is 0. The maximum atomic E-state index is 5.22. The topological polar surface area (TPSA) is 55.1 Å². The van der Waals surface area contributed by atoms with Gasteiger partial charge in [-0.05, 0) is 24.7 Å². The Morgan fingerprint density at radius 1 is 1.22 bits per heavy atom. The Morgan fingerprint density at radius 2 is 1.94 bits per heavy atom. The van der Waals surface area contributed by atoms with Crippen LogP contribution in [-0.2, 0) is 13.1 Å². The van der Waals surface area contributed by atoms with Gasteiger partial charge in [0.25, 0.3) is 0 Å². The minimum Gasteiger partial charge on any atom is -0.338 e. The van der Waals surface area contributed by atoms with E-state index in [1.165, 1.54) is 5.56 Å². The van der Waals surface area contributed by atoms with Crippen LogP contribution < -0.4 is 0 Å². The lowest BCUT2D eigenvalue weighted by atomic mass is 10.2. The Morgan fingerprint density at radius 3 is 2.56 bits per heavy atom. The van der Waals surface area contributed by atoms with Gasteiger partial charge in [0.05, 0.1) is 6.54 Å². The molecule has 0 radical (unpaired) electrons. The molecule has 0 atom stereocenters. The third-order valence-corrected chi connectivity index (χ3v) is 2.61. The highest BCUT2D eigenvalue weighted by Gasteiger charge is 2.11. The van der Waals surface area contributed by atoms with E-state index in [1.807, 2.05) is 19.2 Å². The van der Waals surface area contributed by atoms with E-state index in [0.717, 1.165) is 12.4 Å². The number of nitrogens with zero attached hydrogens (tertiary/aromatic N) is 4. The first-order valence-corrected chi connectivity index (χ1v) is 6.05. The van der Waals surface area contributed by atoms with Gasteiger partial charge in [0.15, 0.2) is 5.82 Å². The van der Waals surface area contributed by atoms with Gasteiger partial charge in [-0.3, -0.25) is 9.88 Å². The van der Waals surface area contributed by atoms with E-state index in [2.05, 4.69) is 33.9 Å². The van der Waals surface area contributed by atoms with Crippen LogP contribution in [0.4, 0.5) is 0 Å². The van der Waals surface area contributed by atoms with Crippen LogP contribution in [0.3, 0.4) is 0 Å². The molecule has 0 amide bonds. The van der Waals surface area contributed by atoms with Gasteiger partial charge in [-0.15, -0.1) is 0 Å². The first-order valence-electron chi connectivity index (χ1n) is 6.05. The van der Waals surface area contributed by atoms with Crippen molar-refractivity contribution in [1.29, 1.82) is 0 Å². The van der Waals surface area contributed by atoms with Crippen molar-refractivity contribution in [2.45, 2.75) is 32.9 Å². The molecule has 0 aliphatic carbocycles. The molecule has 0 aliphatic heterocycles. The van der Waals surface area contributed by atoms with E-state index in [9.17, 15) is 0 Å².